The maximum absolute atomic E-state index is 13.6. The van der Waals surface area contributed by atoms with Gasteiger partial charge in [0.1, 0.15) is 24.0 Å². The number of rotatable bonds is 2. The van der Waals surface area contributed by atoms with Crippen molar-refractivity contribution in [2.45, 2.75) is 0 Å². The first-order valence-corrected chi connectivity index (χ1v) is 6.05. The Kier molecular flexibility index (Phi) is 3.09. The summed E-state index contributed by atoms with van der Waals surface area (Å²) in [7, 11) is 0. The SMILES string of the molecule is N#Cc1ccc(Oc2ncnc3ccc(N)cc23)cc1F. The van der Waals surface area contributed by atoms with Crippen LogP contribution in [0.2, 0.25) is 0 Å². The standard InChI is InChI=1S/C15H9FN4O/c16-13-6-11(3-1-9(13)7-17)21-15-12-5-10(18)2-4-14(12)19-8-20-15/h1-6,8H,18H2. The van der Waals surface area contributed by atoms with Crippen LogP contribution in [0.4, 0.5) is 10.1 Å². The van der Waals surface area contributed by atoms with Gasteiger partial charge in [-0.2, -0.15) is 5.26 Å². The molecular formula is C15H9FN4O. The lowest BCUT2D eigenvalue weighted by molar-refractivity contribution is 0.463. The number of nitrogen functional groups attached to an aromatic ring is 1. The molecule has 0 spiro atoms. The summed E-state index contributed by atoms with van der Waals surface area (Å²) in [6.45, 7) is 0. The van der Waals surface area contributed by atoms with Crippen molar-refractivity contribution in [1.82, 2.24) is 9.97 Å². The molecule has 0 saturated heterocycles. The molecule has 3 aromatic rings. The molecule has 0 bridgehead atoms. The Morgan fingerprint density at radius 2 is 2.00 bits per heavy atom. The van der Waals surface area contributed by atoms with Gasteiger partial charge in [0.05, 0.1) is 16.5 Å². The monoisotopic (exact) mass is 280 g/mol. The number of nitrogens with two attached hydrogens (primary N) is 1. The molecule has 2 N–H and O–H groups in total. The molecule has 1 heterocycles. The molecule has 0 saturated carbocycles. The van der Waals surface area contributed by atoms with Crippen LogP contribution in [0.1, 0.15) is 5.56 Å². The van der Waals surface area contributed by atoms with Crippen LogP contribution in [0.25, 0.3) is 10.9 Å². The highest BCUT2D eigenvalue weighted by Crippen LogP contribution is 2.28. The number of nitriles is 1. The fourth-order valence-corrected chi connectivity index (χ4v) is 1.89. The Morgan fingerprint density at radius 3 is 2.76 bits per heavy atom. The van der Waals surface area contributed by atoms with E-state index in [9.17, 15) is 4.39 Å². The van der Waals surface area contributed by atoms with Gasteiger partial charge in [0.15, 0.2) is 0 Å². The summed E-state index contributed by atoms with van der Waals surface area (Å²) in [5.41, 5.74) is 6.92. The van der Waals surface area contributed by atoms with Gasteiger partial charge in [0, 0.05) is 11.8 Å². The minimum absolute atomic E-state index is 0.0425. The fraction of sp³-hybridized carbons (Fsp3) is 0. The number of hydrogen-bond acceptors (Lipinski definition) is 5. The summed E-state index contributed by atoms with van der Waals surface area (Å²) in [4.78, 5) is 8.14. The van der Waals surface area contributed by atoms with E-state index in [1.807, 2.05) is 0 Å². The number of benzene rings is 2. The number of nitrogens with zero attached hydrogens (tertiary/aromatic N) is 3. The summed E-state index contributed by atoms with van der Waals surface area (Å²) in [5.74, 6) is -0.127. The second-order valence-corrected chi connectivity index (χ2v) is 4.31. The first-order valence-electron chi connectivity index (χ1n) is 6.05. The van der Waals surface area contributed by atoms with E-state index in [4.69, 9.17) is 15.7 Å². The molecule has 0 aliphatic carbocycles. The van der Waals surface area contributed by atoms with Crippen molar-refractivity contribution >= 4 is 16.6 Å². The molecule has 3 rings (SSSR count). The van der Waals surface area contributed by atoms with Crippen molar-refractivity contribution in [3.8, 4) is 17.7 Å². The number of aromatic nitrogens is 2. The van der Waals surface area contributed by atoms with Crippen LogP contribution < -0.4 is 10.5 Å². The molecule has 2 aromatic carbocycles. The first kappa shape index (κ1) is 12.8. The minimum atomic E-state index is -0.645. The van der Waals surface area contributed by atoms with E-state index in [2.05, 4.69) is 9.97 Å². The average molecular weight is 280 g/mol. The minimum Gasteiger partial charge on any atom is -0.438 e. The highest BCUT2D eigenvalue weighted by Gasteiger charge is 2.09. The van der Waals surface area contributed by atoms with E-state index < -0.39 is 5.82 Å². The van der Waals surface area contributed by atoms with Crippen LogP contribution >= 0.6 is 0 Å². The van der Waals surface area contributed by atoms with Crippen molar-refractivity contribution in [3.63, 3.8) is 0 Å². The third-order valence-electron chi connectivity index (χ3n) is 2.90. The van der Waals surface area contributed by atoms with Crippen LogP contribution in [-0.4, -0.2) is 9.97 Å². The molecule has 102 valence electrons. The largest absolute Gasteiger partial charge is 0.438 e. The Morgan fingerprint density at radius 1 is 1.14 bits per heavy atom. The molecule has 21 heavy (non-hydrogen) atoms. The van der Waals surface area contributed by atoms with Gasteiger partial charge in [-0.1, -0.05) is 0 Å². The van der Waals surface area contributed by atoms with Gasteiger partial charge in [-0.25, -0.2) is 14.4 Å². The van der Waals surface area contributed by atoms with Gasteiger partial charge in [-0.15, -0.1) is 0 Å². The fourth-order valence-electron chi connectivity index (χ4n) is 1.89. The molecule has 0 aliphatic heterocycles. The normalized spacial score (nSPS) is 10.3. The average Bonchev–Trinajstić information content (AvgIpc) is 2.48. The van der Waals surface area contributed by atoms with Gasteiger partial charge in [0.2, 0.25) is 5.88 Å². The summed E-state index contributed by atoms with van der Waals surface area (Å²) in [6, 6.07) is 10.9. The number of ether oxygens (including phenoxy) is 1. The summed E-state index contributed by atoms with van der Waals surface area (Å²) in [6.07, 6.45) is 1.36. The summed E-state index contributed by atoms with van der Waals surface area (Å²) in [5, 5.41) is 9.33. The topological polar surface area (TPSA) is 84.8 Å². The van der Waals surface area contributed by atoms with Gasteiger partial charge >= 0.3 is 0 Å². The Bertz CT molecular complexity index is 873. The molecule has 0 amide bonds. The zero-order chi connectivity index (χ0) is 14.8. The first-order chi connectivity index (χ1) is 10.2. The maximum Gasteiger partial charge on any atom is 0.230 e. The van der Waals surface area contributed by atoms with Crippen LogP contribution in [0, 0.1) is 17.1 Å². The second kappa shape index (κ2) is 5.06. The van der Waals surface area contributed by atoms with Gasteiger partial charge in [0.25, 0.3) is 0 Å². The zero-order valence-electron chi connectivity index (χ0n) is 10.7. The van der Waals surface area contributed by atoms with Crippen molar-refractivity contribution < 1.29 is 9.13 Å². The van der Waals surface area contributed by atoms with Gasteiger partial charge in [-0.3, -0.25) is 0 Å². The van der Waals surface area contributed by atoms with Crippen LogP contribution in [0.3, 0.4) is 0 Å². The Labute approximate surface area is 119 Å². The van der Waals surface area contributed by atoms with Crippen molar-refractivity contribution in [2.75, 3.05) is 5.73 Å². The highest BCUT2D eigenvalue weighted by atomic mass is 19.1. The smallest absolute Gasteiger partial charge is 0.230 e. The van der Waals surface area contributed by atoms with E-state index in [-0.39, 0.29) is 17.2 Å². The lowest BCUT2D eigenvalue weighted by Gasteiger charge is -2.08. The number of fused-ring (bicyclic) bond motifs is 1. The maximum atomic E-state index is 13.6. The predicted octanol–water partition coefficient (Wildman–Crippen LogP) is 3.02. The van der Waals surface area contributed by atoms with E-state index in [0.717, 1.165) is 6.07 Å². The molecule has 0 fully saturated rings. The molecule has 0 radical (unpaired) electrons. The van der Waals surface area contributed by atoms with Gasteiger partial charge < -0.3 is 10.5 Å². The third-order valence-corrected chi connectivity index (χ3v) is 2.90. The van der Waals surface area contributed by atoms with E-state index in [0.29, 0.717) is 16.6 Å². The summed E-state index contributed by atoms with van der Waals surface area (Å²) < 4.78 is 19.1. The number of hydrogen-bond donors (Lipinski definition) is 1. The van der Waals surface area contributed by atoms with E-state index in [1.54, 1.807) is 24.3 Å². The number of halogens is 1. The molecule has 1 aromatic heterocycles. The van der Waals surface area contributed by atoms with Crippen LogP contribution in [0.15, 0.2) is 42.7 Å². The van der Waals surface area contributed by atoms with Crippen molar-refractivity contribution in [1.29, 1.82) is 5.26 Å². The quantitative estimate of drug-likeness (QED) is 0.729. The van der Waals surface area contributed by atoms with Crippen LogP contribution in [-0.2, 0) is 0 Å². The molecule has 6 heteroatoms. The number of anilines is 1. The molecular weight excluding hydrogens is 271 g/mol. The third kappa shape index (κ3) is 2.44. The highest BCUT2D eigenvalue weighted by molar-refractivity contribution is 5.86. The second-order valence-electron chi connectivity index (χ2n) is 4.31. The van der Waals surface area contributed by atoms with Gasteiger partial charge in [-0.05, 0) is 30.3 Å². The lowest BCUT2D eigenvalue weighted by atomic mass is 10.2. The molecule has 5 nitrogen and oxygen atoms in total. The summed E-state index contributed by atoms with van der Waals surface area (Å²) >= 11 is 0. The predicted molar refractivity (Wildman–Crippen MR) is 75.1 cm³/mol. The lowest BCUT2D eigenvalue weighted by Crippen LogP contribution is -1.94. The van der Waals surface area contributed by atoms with Crippen molar-refractivity contribution in [2.24, 2.45) is 0 Å². The van der Waals surface area contributed by atoms with Crippen LogP contribution in [0.5, 0.6) is 11.6 Å². The van der Waals surface area contributed by atoms with Crippen molar-refractivity contribution in [3.05, 3.63) is 54.1 Å². The Hall–Kier alpha value is -3.20. The molecule has 0 atom stereocenters. The Balaban J connectivity index is 2.04. The van der Waals surface area contributed by atoms with E-state index in [1.165, 1.54) is 18.5 Å². The molecule has 0 aliphatic rings. The van der Waals surface area contributed by atoms with E-state index >= 15 is 0 Å². The molecule has 0 unspecified atom stereocenters. The zero-order valence-corrected chi connectivity index (χ0v) is 10.7.